The van der Waals surface area contributed by atoms with Crippen molar-refractivity contribution in [3.05, 3.63) is 77.8 Å². The number of piperidine rings is 1. The Bertz CT molecular complexity index is 1800. The molecule has 4 aromatic rings. The average Bonchev–Trinajstić information content (AvgIpc) is 3.41. The van der Waals surface area contributed by atoms with Crippen molar-refractivity contribution in [2.45, 2.75) is 77.8 Å². The fourth-order valence-electron chi connectivity index (χ4n) is 6.24. The van der Waals surface area contributed by atoms with Gasteiger partial charge in [0.1, 0.15) is 23.5 Å². The number of carboxylic acid groups (broad SMARTS) is 1. The zero-order chi connectivity index (χ0) is 32.8. The summed E-state index contributed by atoms with van der Waals surface area (Å²) in [6.45, 7) is 13.0. The summed E-state index contributed by atoms with van der Waals surface area (Å²) in [6.07, 6.45) is 3.72. The fraction of sp³-hybridized carbons (Fsp3) is 0.417. The average molecular weight is 629 g/mol. The Kier molecular flexibility index (Phi) is 8.37. The second-order valence-electron chi connectivity index (χ2n) is 13.4. The number of aliphatic carboxylic acids is 1. The van der Waals surface area contributed by atoms with E-state index in [9.17, 15) is 9.90 Å². The molecule has 10 heteroatoms. The van der Waals surface area contributed by atoms with Gasteiger partial charge in [-0.1, -0.05) is 30.3 Å². The number of ether oxygens (including phenoxy) is 3. The Balaban J connectivity index is 1.57. The Morgan fingerprint density at radius 3 is 2.57 bits per heavy atom. The van der Waals surface area contributed by atoms with E-state index in [1.54, 1.807) is 16.6 Å². The number of halogens is 1. The summed E-state index contributed by atoms with van der Waals surface area (Å²) in [5.41, 5.74) is 2.87. The maximum atomic E-state index is 15.4. The lowest BCUT2D eigenvalue weighted by molar-refractivity contribution is -0.160. The molecule has 0 spiro atoms. The third-order valence-electron chi connectivity index (χ3n) is 8.55. The van der Waals surface area contributed by atoms with Crippen LogP contribution in [0.1, 0.15) is 64.8 Å². The van der Waals surface area contributed by atoms with E-state index in [1.807, 2.05) is 77.1 Å². The first-order chi connectivity index (χ1) is 21.8. The molecule has 1 fully saturated rings. The molecule has 46 heavy (non-hydrogen) atoms. The lowest BCUT2D eigenvalue weighted by Crippen LogP contribution is -2.45. The normalized spacial score (nSPS) is 21.6. The Morgan fingerprint density at radius 2 is 1.85 bits per heavy atom. The first-order valence-corrected chi connectivity index (χ1v) is 15.7. The largest absolute Gasteiger partial charge is 0.486 e. The Hall–Kier alpha value is -4.28. The molecule has 7 rings (SSSR count). The van der Waals surface area contributed by atoms with E-state index in [4.69, 9.17) is 24.3 Å². The monoisotopic (exact) mass is 628 g/mol. The molecule has 0 radical (unpaired) electrons. The van der Waals surface area contributed by atoms with E-state index in [0.29, 0.717) is 65.0 Å². The summed E-state index contributed by atoms with van der Waals surface area (Å²) in [5, 5.41) is 15.4. The number of aryl methyl sites for hydroxylation is 1. The van der Waals surface area contributed by atoms with E-state index in [1.165, 1.54) is 6.07 Å². The van der Waals surface area contributed by atoms with Gasteiger partial charge in [-0.3, -0.25) is 0 Å². The standard InChI is InChI=1S/C36H41FN4O5/c1-22-10-9-19-44-36(6)15-17-40(18-16-36)33-30(32(34(42)43)46-35(3,4)5)23(2)38-29-21-27(39-41(29)33)24-11-7-12-25(20-24)31-26(37)13-8-14-28(31)45-22/h7-14,20-22,32H,15-19H2,1-6H3,(H,42,43)/b10-9+/t22-,32-/m0/s1. The summed E-state index contributed by atoms with van der Waals surface area (Å²) in [7, 11) is 0. The van der Waals surface area contributed by atoms with Crippen molar-refractivity contribution in [3.63, 3.8) is 0 Å². The summed E-state index contributed by atoms with van der Waals surface area (Å²) < 4.78 is 35.9. The van der Waals surface area contributed by atoms with Gasteiger partial charge in [-0.2, -0.15) is 9.61 Å². The molecule has 0 saturated carbocycles. The molecule has 3 aliphatic heterocycles. The van der Waals surface area contributed by atoms with E-state index in [-0.39, 0.29) is 11.7 Å². The minimum atomic E-state index is -1.26. The van der Waals surface area contributed by atoms with Crippen LogP contribution in [0.25, 0.3) is 28.0 Å². The van der Waals surface area contributed by atoms with Crippen LogP contribution in [-0.4, -0.2) is 62.7 Å². The number of hydrogen-bond acceptors (Lipinski definition) is 7. The minimum absolute atomic E-state index is 0.315. The van der Waals surface area contributed by atoms with Crippen LogP contribution in [0.2, 0.25) is 0 Å². The number of benzene rings is 2. The van der Waals surface area contributed by atoms with Gasteiger partial charge in [0.15, 0.2) is 11.8 Å². The molecule has 0 unspecified atom stereocenters. The van der Waals surface area contributed by atoms with E-state index in [0.717, 1.165) is 18.4 Å². The maximum absolute atomic E-state index is 15.4. The first kappa shape index (κ1) is 31.7. The molecule has 2 aromatic carbocycles. The highest BCUT2D eigenvalue weighted by molar-refractivity contribution is 5.80. The summed E-state index contributed by atoms with van der Waals surface area (Å²) >= 11 is 0. The third kappa shape index (κ3) is 6.37. The van der Waals surface area contributed by atoms with Gasteiger partial charge in [0.2, 0.25) is 0 Å². The van der Waals surface area contributed by atoms with Crippen molar-refractivity contribution in [1.82, 2.24) is 14.6 Å². The molecular formula is C36H41FN4O5. The summed E-state index contributed by atoms with van der Waals surface area (Å²) in [5.74, 6) is -0.417. The SMILES string of the molecule is Cc1nc2cc3nn2c(c1[C@H](OC(C)(C)C)C(=O)O)N1CCC(C)(CC1)OC/C=C/[C@H](C)Oc1cccc(F)c1-c1cccc-3c1. The van der Waals surface area contributed by atoms with E-state index >= 15 is 4.39 Å². The highest BCUT2D eigenvalue weighted by Crippen LogP contribution is 2.39. The van der Waals surface area contributed by atoms with Gasteiger partial charge in [0.25, 0.3) is 0 Å². The smallest absolute Gasteiger partial charge is 0.337 e. The molecule has 0 aliphatic carbocycles. The zero-order valence-corrected chi connectivity index (χ0v) is 27.2. The molecule has 3 aliphatic rings. The van der Waals surface area contributed by atoms with Crippen molar-refractivity contribution in [2.75, 3.05) is 24.6 Å². The van der Waals surface area contributed by atoms with Crippen molar-refractivity contribution in [1.29, 1.82) is 0 Å². The van der Waals surface area contributed by atoms with Gasteiger partial charge in [-0.15, -0.1) is 0 Å². The maximum Gasteiger partial charge on any atom is 0.337 e. The van der Waals surface area contributed by atoms with Crippen molar-refractivity contribution in [2.24, 2.45) is 0 Å². The predicted octanol–water partition coefficient (Wildman–Crippen LogP) is 7.16. The Labute approximate surface area is 268 Å². The van der Waals surface area contributed by atoms with Crippen LogP contribution in [0.5, 0.6) is 5.75 Å². The minimum Gasteiger partial charge on any atom is -0.486 e. The number of hydrogen-bond donors (Lipinski definition) is 1. The third-order valence-corrected chi connectivity index (χ3v) is 8.55. The molecule has 1 N–H and O–H groups in total. The molecule has 5 heterocycles. The van der Waals surface area contributed by atoms with Crippen molar-refractivity contribution >= 4 is 17.4 Å². The van der Waals surface area contributed by atoms with E-state index in [2.05, 4.69) is 11.8 Å². The van der Waals surface area contributed by atoms with Crippen molar-refractivity contribution < 1.29 is 28.5 Å². The number of carbonyl (C=O) groups is 1. The van der Waals surface area contributed by atoms with Gasteiger partial charge in [-0.05, 0) is 84.2 Å². The highest BCUT2D eigenvalue weighted by Gasteiger charge is 2.37. The topological polar surface area (TPSA) is 98.4 Å². The molecule has 1 saturated heterocycles. The predicted molar refractivity (Wildman–Crippen MR) is 175 cm³/mol. The zero-order valence-electron chi connectivity index (χ0n) is 27.2. The van der Waals surface area contributed by atoms with Crippen LogP contribution in [0.3, 0.4) is 0 Å². The van der Waals surface area contributed by atoms with Gasteiger partial charge in [-0.25, -0.2) is 14.2 Å². The van der Waals surface area contributed by atoms with Gasteiger partial charge >= 0.3 is 5.97 Å². The molecule has 6 bridgehead atoms. The lowest BCUT2D eigenvalue weighted by Gasteiger charge is -2.41. The van der Waals surface area contributed by atoms with Crippen LogP contribution < -0.4 is 9.64 Å². The molecule has 0 amide bonds. The molecule has 9 nitrogen and oxygen atoms in total. The van der Waals surface area contributed by atoms with Gasteiger partial charge in [0, 0.05) is 30.4 Å². The number of anilines is 1. The second kappa shape index (κ2) is 12.1. The molecule has 2 atom stereocenters. The quantitative estimate of drug-likeness (QED) is 0.239. The molecule has 2 aromatic heterocycles. The van der Waals surface area contributed by atoms with Crippen LogP contribution in [0.4, 0.5) is 10.2 Å². The lowest BCUT2D eigenvalue weighted by atomic mass is 9.92. The number of carboxylic acids is 1. The van der Waals surface area contributed by atoms with Gasteiger partial charge in [0.05, 0.1) is 34.6 Å². The van der Waals surface area contributed by atoms with Crippen LogP contribution >= 0.6 is 0 Å². The van der Waals surface area contributed by atoms with Crippen LogP contribution in [-0.2, 0) is 14.3 Å². The highest BCUT2D eigenvalue weighted by atomic mass is 19.1. The molecular weight excluding hydrogens is 587 g/mol. The van der Waals surface area contributed by atoms with Gasteiger partial charge < -0.3 is 24.2 Å². The van der Waals surface area contributed by atoms with Crippen molar-refractivity contribution in [3.8, 4) is 28.1 Å². The fourth-order valence-corrected chi connectivity index (χ4v) is 6.24. The summed E-state index contributed by atoms with van der Waals surface area (Å²) in [6, 6.07) is 14.2. The van der Waals surface area contributed by atoms with E-state index < -0.39 is 23.5 Å². The molecule has 242 valence electrons. The van der Waals surface area contributed by atoms with Crippen LogP contribution in [0.15, 0.2) is 60.7 Å². The number of fused-ring (bicyclic) bond motifs is 6. The number of rotatable bonds is 3. The second-order valence-corrected chi connectivity index (χ2v) is 13.4. The first-order valence-electron chi connectivity index (χ1n) is 15.7. The number of aromatic nitrogens is 3. The Morgan fingerprint density at radius 1 is 1.13 bits per heavy atom. The summed E-state index contributed by atoms with van der Waals surface area (Å²) in [4.78, 5) is 19.8. The van der Waals surface area contributed by atoms with Crippen LogP contribution in [0, 0.1) is 12.7 Å². The number of nitrogens with zero attached hydrogens (tertiary/aromatic N) is 4.